The molecule has 0 radical (unpaired) electrons. The molecule has 35 heavy (non-hydrogen) atoms. The van der Waals surface area contributed by atoms with E-state index < -0.39 is 0 Å². The van der Waals surface area contributed by atoms with E-state index in [1.807, 2.05) is 39.1 Å². The molecule has 184 valence electrons. The molecule has 9 nitrogen and oxygen atoms in total. The van der Waals surface area contributed by atoms with E-state index in [0.29, 0.717) is 34.2 Å². The maximum atomic E-state index is 6.39. The van der Waals surface area contributed by atoms with Gasteiger partial charge in [-0.2, -0.15) is 0 Å². The average molecular weight is 514 g/mol. The highest BCUT2D eigenvalue weighted by atomic mass is 35.5. The first kappa shape index (κ1) is 26.4. The van der Waals surface area contributed by atoms with E-state index in [9.17, 15) is 0 Å². The fourth-order valence-corrected chi connectivity index (χ4v) is 3.99. The molecule has 0 spiro atoms. The van der Waals surface area contributed by atoms with Crippen molar-refractivity contribution in [1.82, 2.24) is 29.7 Å². The Morgan fingerprint density at radius 2 is 1.97 bits per heavy atom. The van der Waals surface area contributed by atoms with Crippen molar-refractivity contribution in [2.45, 2.75) is 32.1 Å². The number of nitrogens with one attached hydrogen (secondary N) is 1. The van der Waals surface area contributed by atoms with Crippen molar-refractivity contribution < 1.29 is 9.47 Å². The number of anilines is 1. The van der Waals surface area contributed by atoms with Gasteiger partial charge in [0.25, 0.3) is 0 Å². The second-order valence-electron chi connectivity index (χ2n) is 7.54. The Kier molecular flexibility index (Phi) is 9.41. The molecule has 0 aliphatic rings. The molecule has 0 amide bonds. The number of rotatable bonds is 11. The van der Waals surface area contributed by atoms with Crippen molar-refractivity contribution in [2.24, 2.45) is 0 Å². The van der Waals surface area contributed by atoms with Crippen molar-refractivity contribution in [3.8, 4) is 17.4 Å². The highest BCUT2D eigenvalue weighted by Gasteiger charge is 2.24. The van der Waals surface area contributed by atoms with Gasteiger partial charge in [-0.25, -0.2) is 15.0 Å². The highest BCUT2D eigenvalue weighted by molar-refractivity contribution is 8.01. The van der Waals surface area contributed by atoms with Crippen LogP contribution in [0.1, 0.15) is 31.3 Å². The summed E-state index contributed by atoms with van der Waals surface area (Å²) in [6.07, 6.45) is 8.41. The molecule has 0 aliphatic heterocycles. The molecule has 0 fully saturated rings. The Labute approximate surface area is 214 Å². The molecule has 3 aromatic heterocycles. The van der Waals surface area contributed by atoms with Gasteiger partial charge in [0.05, 0.1) is 12.4 Å². The third-order valence-corrected chi connectivity index (χ3v) is 6.24. The summed E-state index contributed by atoms with van der Waals surface area (Å²) in [5.41, 5.74) is 2.37. The van der Waals surface area contributed by atoms with Crippen LogP contribution in [0.4, 0.5) is 5.95 Å². The third kappa shape index (κ3) is 6.68. The van der Waals surface area contributed by atoms with Crippen LogP contribution in [0.5, 0.6) is 5.88 Å². The number of nitrogens with zero attached hydrogens (tertiary/aromatic N) is 6. The van der Waals surface area contributed by atoms with Gasteiger partial charge in [0.2, 0.25) is 11.8 Å². The van der Waals surface area contributed by atoms with Gasteiger partial charge < -0.3 is 9.47 Å². The van der Waals surface area contributed by atoms with E-state index >= 15 is 0 Å². The molecular formula is C24H28ClN7O2S. The number of methoxy groups -OCH3 is 2. The largest absolute Gasteiger partial charge is 0.481 e. The molecule has 0 bridgehead atoms. The summed E-state index contributed by atoms with van der Waals surface area (Å²) in [6, 6.07) is 5.45. The molecule has 2 unspecified atom stereocenters. The van der Waals surface area contributed by atoms with Crippen LogP contribution in [0.3, 0.4) is 0 Å². The molecule has 2 atom stereocenters. The topological polar surface area (TPSA) is 99.9 Å². The summed E-state index contributed by atoms with van der Waals surface area (Å²) in [5.74, 6) is 2.09. The molecule has 1 N–H and O–H groups in total. The predicted molar refractivity (Wildman–Crippen MR) is 141 cm³/mol. The van der Waals surface area contributed by atoms with Gasteiger partial charge in [0, 0.05) is 36.8 Å². The van der Waals surface area contributed by atoms with Crippen LogP contribution in [0, 0.1) is 6.92 Å². The fourth-order valence-electron chi connectivity index (χ4n) is 3.07. The van der Waals surface area contributed by atoms with Crippen molar-refractivity contribution >= 4 is 35.7 Å². The number of ether oxygens (including phenoxy) is 2. The number of pyridine rings is 1. The Balaban J connectivity index is 1.92. The Hall–Kier alpha value is -3.21. The molecule has 0 saturated carbocycles. The van der Waals surface area contributed by atoms with Crippen molar-refractivity contribution in [2.75, 3.05) is 18.9 Å². The smallest absolute Gasteiger partial charge is 0.239 e. The Bertz CT molecular complexity index is 1210. The molecule has 11 heteroatoms. The maximum absolute atomic E-state index is 6.39. The number of aromatic nitrogens is 6. The number of halogens is 1. The van der Waals surface area contributed by atoms with Crippen LogP contribution in [-0.2, 0) is 4.74 Å². The second kappa shape index (κ2) is 12.5. The van der Waals surface area contributed by atoms with Gasteiger partial charge in [-0.15, -0.1) is 10.2 Å². The monoisotopic (exact) mass is 513 g/mol. The number of hydrogen-bond acceptors (Lipinski definition) is 9. The summed E-state index contributed by atoms with van der Waals surface area (Å²) in [4.78, 5) is 13.3. The lowest BCUT2D eigenvalue weighted by atomic mass is 10.2. The molecular weight excluding hydrogens is 486 g/mol. The van der Waals surface area contributed by atoms with Crippen LogP contribution < -0.4 is 9.46 Å². The van der Waals surface area contributed by atoms with Crippen LogP contribution >= 0.6 is 23.5 Å². The first-order chi connectivity index (χ1) is 16.9. The van der Waals surface area contributed by atoms with Crippen LogP contribution in [0.15, 0.2) is 59.9 Å². The quantitative estimate of drug-likeness (QED) is 0.265. The zero-order valence-corrected chi connectivity index (χ0v) is 21.8. The summed E-state index contributed by atoms with van der Waals surface area (Å²) < 4.78 is 16.0. The summed E-state index contributed by atoms with van der Waals surface area (Å²) in [7, 11) is 3.20. The normalized spacial score (nSPS) is 13.9. The van der Waals surface area contributed by atoms with E-state index in [1.54, 1.807) is 49.4 Å². The lowest BCUT2D eigenvalue weighted by molar-refractivity contribution is 0.0972. The molecule has 3 heterocycles. The maximum Gasteiger partial charge on any atom is 0.239 e. The lowest BCUT2D eigenvalue weighted by Crippen LogP contribution is -2.19. The van der Waals surface area contributed by atoms with Gasteiger partial charge in [-0.3, -0.25) is 9.29 Å². The minimum atomic E-state index is -0.328. The van der Waals surface area contributed by atoms with Gasteiger partial charge >= 0.3 is 0 Å². The van der Waals surface area contributed by atoms with Crippen molar-refractivity contribution in [3.05, 3.63) is 71.3 Å². The molecule has 3 aromatic rings. The molecule has 0 aliphatic carbocycles. The van der Waals surface area contributed by atoms with Crippen molar-refractivity contribution in [3.63, 3.8) is 0 Å². The first-order valence-corrected chi connectivity index (χ1v) is 12.0. The minimum absolute atomic E-state index is 0.0550. The SMILES string of the molecule is C=C/C=C(Cl)\C(C)=C\n1c(NSC(C)C(OC)c2ncc(C)cn2)nnc1-c1cccc(OC)n1. The predicted octanol–water partition coefficient (Wildman–Crippen LogP) is 5.45. The third-order valence-electron chi connectivity index (χ3n) is 4.89. The summed E-state index contributed by atoms with van der Waals surface area (Å²) >= 11 is 7.81. The number of hydrogen-bond donors (Lipinski definition) is 1. The van der Waals surface area contributed by atoms with Gasteiger partial charge in [0.1, 0.15) is 11.8 Å². The Morgan fingerprint density at radius 1 is 1.23 bits per heavy atom. The van der Waals surface area contributed by atoms with E-state index in [4.69, 9.17) is 21.1 Å². The van der Waals surface area contributed by atoms with E-state index in [1.165, 1.54) is 11.9 Å². The van der Waals surface area contributed by atoms with Crippen LogP contribution in [0.25, 0.3) is 17.7 Å². The summed E-state index contributed by atoms with van der Waals surface area (Å²) in [6.45, 7) is 9.56. The minimum Gasteiger partial charge on any atom is -0.481 e. The Morgan fingerprint density at radius 3 is 2.63 bits per heavy atom. The zero-order valence-electron chi connectivity index (χ0n) is 20.3. The average Bonchev–Trinajstić information content (AvgIpc) is 3.26. The number of aryl methyl sites for hydroxylation is 1. The van der Waals surface area contributed by atoms with Gasteiger partial charge in [-0.1, -0.05) is 30.3 Å². The van der Waals surface area contributed by atoms with E-state index in [0.717, 1.165) is 11.1 Å². The number of allylic oxidation sites excluding steroid dienone is 4. The van der Waals surface area contributed by atoms with E-state index in [-0.39, 0.29) is 11.4 Å². The second-order valence-corrected chi connectivity index (χ2v) is 9.14. The summed E-state index contributed by atoms with van der Waals surface area (Å²) in [5, 5.41) is 9.20. The standard InChI is InChI=1S/C24H28ClN7O2S/c1-7-9-18(25)16(3)14-32-23(19-10-8-11-20(28-19)33-5)29-30-24(32)31-35-17(4)21(34-6)22-26-12-15(2)13-27-22/h7-14,17,21H,1H2,2-6H3,(H,30,31)/b16-14+,18-9+. The molecule has 3 rings (SSSR count). The first-order valence-electron chi connectivity index (χ1n) is 10.7. The van der Waals surface area contributed by atoms with Crippen LogP contribution in [0.2, 0.25) is 0 Å². The van der Waals surface area contributed by atoms with E-state index in [2.05, 4.69) is 36.5 Å². The zero-order chi connectivity index (χ0) is 25.4. The fraction of sp³-hybridized carbons (Fsp3) is 0.292. The molecule has 0 aromatic carbocycles. The van der Waals surface area contributed by atoms with Gasteiger partial charge in [0.15, 0.2) is 11.6 Å². The molecule has 0 saturated heterocycles. The van der Waals surface area contributed by atoms with Crippen molar-refractivity contribution in [1.29, 1.82) is 0 Å². The highest BCUT2D eigenvalue weighted by Crippen LogP contribution is 2.30. The lowest BCUT2D eigenvalue weighted by Gasteiger charge is -2.21. The van der Waals surface area contributed by atoms with Crippen LogP contribution in [-0.4, -0.2) is 49.2 Å². The van der Waals surface area contributed by atoms with Gasteiger partial charge in [-0.05, 0) is 56.0 Å².